The number of hydrogen-bond acceptors (Lipinski definition) is 3. The molecule has 1 amide bonds. The molecule has 0 bridgehead atoms. The third-order valence-corrected chi connectivity index (χ3v) is 12.8. The lowest BCUT2D eigenvalue weighted by molar-refractivity contribution is -0.123. The summed E-state index contributed by atoms with van der Waals surface area (Å²) in [5.74, 6) is -0.0611. The Bertz CT molecular complexity index is 985. The van der Waals surface area contributed by atoms with Crippen molar-refractivity contribution in [2.45, 2.75) is 309 Å². The Balaban J connectivity index is 3.48. The normalized spacial score (nSPS) is 13.2. The van der Waals surface area contributed by atoms with Crippen LogP contribution in [0.25, 0.3) is 0 Å². The number of carbonyl (C=O) groups is 1. The van der Waals surface area contributed by atoms with Crippen LogP contribution in [0.4, 0.5) is 0 Å². The van der Waals surface area contributed by atoms with Crippen molar-refractivity contribution in [1.29, 1.82) is 0 Å². The summed E-state index contributed by atoms with van der Waals surface area (Å²) in [7, 11) is 0. The van der Waals surface area contributed by atoms with Crippen LogP contribution >= 0.6 is 0 Å². The Labute approximate surface area is 388 Å². The van der Waals surface area contributed by atoms with E-state index in [-0.39, 0.29) is 12.5 Å². The second-order valence-corrected chi connectivity index (χ2v) is 19.0. The topological polar surface area (TPSA) is 69.6 Å². The quantitative estimate of drug-likeness (QED) is 0.0421. The lowest BCUT2D eigenvalue weighted by Gasteiger charge is -2.20. The Morgan fingerprint density at radius 1 is 0.387 bits per heavy atom. The summed E-state index contributed by atoms with van der Waals surface area (Å²) in [4.78, 5) is 12.5. The van der Waals surface area contributed by atoms with E-state index >= 15 is 0 Å². The molecule has 2 atom stereocenters. The first-order valence-corrected chi connectivity index (χ1v) is 27.9. The summed E-state index contributed by atoms with van der Waals surface area (Å²) in [5.41, 5.74) is 0. The summed E-state index contributed by atoms with van der Waals surface area (Å²) in [6, 6.07) is -0.623. The highest BCUT2D eigenvalue weighted by Gasteiger charge is 2.18. The summed E-state index contributed by atoms with van der Waals surface area (Å²) < 4.78 is 0. The van der Waals surface area contributed by atoms with E-state index < -0.39 is 12.1 Å². The average Bonchev–Trinajstić information content (AvgIpc) is 3.28. The van der Waals surface area contributed by atoms with E-state index in [0.29, 0.717) is 6.42 Å². The first kappa shape index (κ1) is 60.4. The Morgan fingerprint density at radius 2 is 0.661 bits per heavy atom. The standard InChI is InChI=1S/C58H109NO3/c1-3-5-7-9-11-13-15-17-19-21-23-24-25-26-27-28-29-30-31-32-33-34-36-38-40-42-44-46-48-50-52-54-58(62)59-56(55-60)57(61)53-51-49-47-45-43-41-39-37-35-22-20-18-16-14-12-10-8-6-4-2/h15,17,21,23,25-26,51,53,56-57,60-61H,3-14,16,18-20,22,24,27-50,52,54-55H2,1-2H3,(H,59,62)/b17-15-,23-21-,26-25-,53-51+. The van der Waals surface area contributed by atoms with E-state index in [9.17, 15) is 15.0 Å². The van der Waals surface area contributed by atoms with Crippen molar-refractivity contribution in [2.24, 2.45) is 0 Å². The molecule has 0 aliphatic heterocycles. The van der Waals surface area contributed by atoms with Gasteiger partial charge in [0.1, 0.15) is 0 Å². The third kappa shape index (κ3) is 49.4. The number of hydrogen-bond donors (Lipinski definition) is 3. The van der Waals surface area contributed by atoms with Gasteiger partial charge in [0.2, 0.25) is 5.91 Å². The molecule has 0 aromatic heterocycles. The third-order valence-electron chi connectivity index (χ3n) is 12.8. The summed E-state index contributed by atoms with van der Waals surface area (Å²) in [5, 5.41) is 23.2. The maximum absolute atomic E-state index is 12.5. The highest BCUT2D eigenvalue weighted by molar-refractivity contribution is 5.76. The van der Waals surface area contributed by atoms with Gasteiger partial charge in [0.05, 0.1) is 18.8 Å². The Hall–Kier alpha value is -1.65. The smallest absolute Gasteiger partial charge is 0.220 e. The van der Waals surface area contributed by atoms with Gasteiger partial charge in [0.25, 0.3) is 0 Å². The van der Waals surface area contributed by atoms with Gasteiger partial charge >= 0.3 is 0 Å². The molecule has 0 aliphatic rings. The van der Waals surface area contributed by atoms with Crippen LogP contribution in [0.3, 0.4) is 0 Å². The Morgan fingerprint density at radius 3 is 0.984 bits per heavy atom. The number of aliphatic hydroxyl groups excluding tert-OH is 2. The van der Waals surface area contributed by atoms with E-state index in [0.717, 1.165) is 38.5 Å². The van der Waals surface area contributed by atoms with Crippen LogP contribution in [0, 0.1) is 0 Å². The first-order valence-electron chi connectivity index (χ1n) is 27.9. The van der Waals surface area contributed by atoms with Crippen molar-refractivity contribution in [1.82, 2.24) is 5.32 Å². The zero-order chi connectivity index (χ0) is 44.9. The predicted octanol–water partition coefficient (Wildman–Crippen LogP) is 18.3. The van der Waals surface area contributed by atoms with Crippen LogP contribution in [0.1, 0.15) is 296 Å². The maximum atomic E-state index is 12.5. The molecular weight excluding hydrogens is 759 g/mol. The number of nitrogens with one attached hydrogen (secondary N) is 1. The van der Waals surface area contributed by atoms with Crippen molar-refractivity contribution in [3.05, 3.63) is 48.6 Å². The van der Waals surface area contributed by atoms with Gasteiger partial charge in [-0.15, -0.1) is 0 Å². The fourth-order valence-electron chi connectivity index (χ4n) is 8.54. The highest BCUT2D eigenvalue weighted by Crippen LogP contribution is 2.17. The van der Waals surface area contributed by atoms with E-state index in [1.165, 1.54) is 238 Å². The number of allylic oxidation sites excluding steroid dienone is 7. The lowest BCUT2D eigenvalue weighted by atomic mass is 10.0. The molecule has 0 aromatic rings. The average molecular weight is 869 g/mol. The summed E-state index contributed by atoms with van der Waals surface area (Å²) in [6.07, 6.45) is 74.1. The molecule has 0 heterocycles. The second-order valence-electron chi connectivity index (χ2n) is 19.0. The van der Waals surface area contributed by atoms with Crippen LogP contribution in [-0.2, 0) is 4.79 Å². The molecular formula is C58H109NO3. The van der Waals surface area contributed by atoms with Crippen molar-refractivity contribution in [3.8, 4) is 0 Å². The molecule has 4 nitrogen and oxygen atoms in total. The molecule has 62 heavy (non-hydrogen) atoms. The monoisotopic (exact) mass is 868 g/mol. The molecule has 0 aliphatic carbocycles. The van der Waals surface area contributed by atoms with Crippen LogP contribution in [0.5, 0.6) is 0 Å². The van der Waals surface area contributed by atoms with Gasteiger partial charge in [-0.2, -0.15) is 0 Å². The molecule has 0 saturated heterocycles. The Kier molecular flexibility index (Phi) is 52.3. The molecule has 0 spiro atoms. The minimum absolute atomic E-state index is 0.0611. The number of aliphatic hydroxyl groups is 2. The van der Waals surface area contributed by atoms with Gasteiger partial charge in [-0.3, -0.25) is 4.79 Å². The van der Waals surface area contributed by atoms with Crippen LogP contribution in [0.2, 0.25) is 0 Å². The van der Waals surface area contributed by atoms with Crippen LogP contribution < -0.4 is 5.32 Å². The van der Waals surface area contributed by atoms with Gasteiger partial charge < -0.3 is 15.5 Å². The molecule has 0 fully saturated rings. The maximum Gasteiger partial charge on any atom is 0.220 e. The molecule has 0 rings (SSSR count). The minimum atomic E-state index is -0.840. The molecule has 0 radical (unpaired) electrons. The van der Waals surface area contributed by atoms with Gasteiger partial charge in [0, 0.05) is 6.42 Å². The number of unbranched alkanes of at least 4 members (excludes halogenated alkanes) is 38. The fraction of sp³-hybridized carbons (Fsp3) is 0.845. The van der Waals surface area contributed by atoms with Gasteiger partial charge in [0.15, 0.2) is 0 Å². The lowest BCUT2D eigenvalue weighted by Crippen LogP contribution is -2.45. The fourth-order valence-corrected chi connectivity index (χ4v) is 8.54. The molecule has 2 unspecified atom stereocenters. The molecule has 364 valence electrons. The number of amides is 1. The summed E-state index contributed by atoms with van der Waals surface area (Å²) in [6.45, 7) is 4.32. The van der Waals surface area contributed by atoms with Crippen LogP contribution in [-0.4, -0.2) is 34.9 Å². The number of rotatable bonds is 51. The minimum Gasteiger partial charge on any atom is -0.394 e. The zero-order valence-corrected chi connectivity index (χ0v) is 41.9. The molecule has 4 heteroatoms. The van der Waals surface area contributed by atoms with E-state index in [4.69, 9.17) is 0 Å². The largest absolute Gasteiger partial charge is 0.394 e. The van der Waals surface area contributed by atoms with E-state index in [1.54, 1.807) is 6.08 Å². The van der Waals surface area contributed by atoms with E-state index in [1.807, 2.05) is 6.08 Å². The summed E-state index contributed by atoms with van der Waals surface area (Å²) >= 11 is 0. The van der Waals surface area contributed by atoms with Gasteiger partial charge in [-0.05, 0) is 57.8 Å². The number of carbonyl (C=O) groups excluding carboxylic acids is 1. The van der Waals surface area contributed by atoms with Crippen LogP contribution in [0.15, 0.2) is 48.6 Å². The first-order chi connectivity index (χ1) is 30.7. The molecule has 0 saturated carbocycles. The predicted molar refractivity (Wildman–Crippen MR) is 276 cm³/mol. The SMILES string of the molecule is CCCCCCC/C=C\C/C=C\C/C=C\CCCCCCCCCCCCCCCCCCC(=O)NC(CO)C(O)/C=C/CCCCCCCCCCCCCCCCCCC. The van der Waals surface area contributed by atoms with E-state index in [2.05, 4.69) is 55.6 Å². The molecule has 0 aromatic carbocycles. The molecule has 3 N–H and O–H groups in total. The van der Waals surface area contributed by atoms with Crippen molar-refractivity contribution >= 4 is 5.91 Å². The van der Waals surface area contributed by atoms with Crippen molar-refractivity contribution in [2.75, 3.05) is 6.61 Å². The van der Waals surface area contributed by atoms with Crippen molar-refractivity contribution in [3.63, 3.8) is 0 Å². The van der Waals surface area contributed by atoms with Crippen molar-refractivity contribution < 1.29 is 15.0 Å². The van der Waals surface area contributed by atoms with Gasteiger partial charge in [-0.25, -0.2) is 0 Å². The van der Waals surface area contributed by atoms with Gasteiger partial charge in [-0.1, -0.05) is 281 Å². The zero-order valence-electron chi connectivity index (χ0n) is 41.9. The highest BCUT2D eigenvalue weighted by atomic mass is 16.3. The second kappa shape index (κ2) is 53.7.